The van der Waals surface area contributed by atoms with Gasteiger partial charge in [-0.05, 0) is 6.92 Å². The highest BCUT2D eigenvalue weighted by Crippen LogP contribution is 1.97. The summed E-state index contributed by atoms with van der Waals surface area (Å²) in [5.74, 6) is -0.833. The van der Waals surface area contributed by atoms with Gasteiger partial charge < -0.3 is 15.2 Å². The number of carbonyl (C=O) groups is 1. The number of hydrogen-bond donors (Lipinski definition) is 3. The van der Waals surface area contributed by atoms with Gasteiger partial charge in [-0.2, -0.15) is 0 Å². The number of aromatic nitrogens is 2. The Bertz CT molecular complexity index is 241. The smallest absolute Gasteiger partial charge is 0.300 e. The Labute approximate surface area is 70.1 Å². The molecule has 0 saturated heterocycles. The quantitative estimate of drug-likeness (QED) is 0.568. The molecule has 0 saturated carbocycles. The van der Waals surface area contributed by atoms with Crippen LogP contribution in [0.2, 0.25) is 0 Å². The summed E-state index contributed by atoms with van der Waals surface area (Å²) >= 11 is 0. The van der Waals surface area contributed by atoms with Crippen LogP contribution in [-0.2, 0) is 11.4 Å². The van der Waals surface area contributed by atoms with Crippen molar-refractivity contribution in [2.75, 3.05) is 0 Å². The number of aromatic amines is 1. The molecule has 0 spiro atoms. The van der Waals surface area contributed by atoms with E-state index in [0.717, 1.165) is 18.3 Å². The van der Waals surface area contributed by atoms with Crippen LogP contribution in [0.15, 0.2) is 6.33 Å². The third-order valence-electron chi connectivity index (χ3n) is 1.09. The lowest BCUT2D eigenvalue weighted by Crippen LogP contribution is -1.84. The van der Waals surface area contributed by atoms with E-state index in [1.54, 1.807) is 6.33 Å². The minimum atomic E-state index is -0.833. The second-order valence-electron chi connectivity index (χ2n) is 2.14. The van der Waals surface area contributed by atoms with Gasteiger partial charge in [-0.3, -0.25) is 4.79 Å². The second-order valence-corrected chi connectivity index (χ2v) is 2.14. The number of H-pyrrole nitrogens is 1. The second kappa shape index (κ2) is 5.31. The molecule has 0 aliphatic carbocycles. The average molecular weight is 172 g/mol. The Kier molecular flexibility index (Phi) is 4.71. The number of imidazole rings is 1. The van der Waals surface area contributed by atoms with Gasteiger partial charge >= 0.3 is 0 Å². The first-order valence-corrected chi connectivity index (χ1v) is 3.37. The summed E-state index contributed by atoms with van der Waals surface area (Å²) in [6.07, 6.45) is 1.57. The maximum Gasteiger partial charge on any atom is 0.300 e. The van der Waals surface area contributed by atoms with E-state index in [9.17, 15) is 0 Å². The highest BCUT2D eigenvalue weighted by atomic mass is 16.4. The van der Waals surface area contributed by atoms with Gasteiger partial charge in [0.2, 0.25) is 0 Å². The van der Waals surface area contributed by atoms with Crippen LogP contribution in [0.25, 0.3) is 0 Å². The number of nitrogens with zero attached hydrogens (tertiary/aromatic N) is 1. The zero-order valence-electron chi connectivity index (χ0n) is 7.03. The molecule has 1 heterocycles. The SMILES string of the molecule is CC(=O)O.Cc1nc[nH]c1CO. The van der Waals surface area contributed by atoms with Gasteiger partial charge in [0, 0.05) is 6.92 Å². The summed E-state index contributed by atoms with van der Waals surface area (Å²) in [6, 6.07) is 0. The number of carboxylic acids is 1. The Morgan fingerprint density at radius 1 is 1.75 bits per heavy atom. The van der Waals surface area contributed by atoms with Crippen LogP contribution in [0.4, 0.5) is 0 Å². The zero-order chi connectivity index (χ0) is 9.56. The van der Waals surface area contributed by atoms with Crippen molar-refractivity contribution in [1.29, 1.82) is 0 Å². The molecule has 0 aliphatic rings. The number of aliphatic carboxylic acids is 1. The number of rotatable bonds is 1. The standard InChI is InChI=1S/C5H8N2O.C2H4O2/c1-4-5(2-8)7-3-6-4;1-2(3)4/h3,8H,2H2,1H3,(H,6,7);1H3,(H,3,4). The van der Waals surface area contributed by atoms with Crippen molar-refractivity contribution in [3.05, 3.63) is 17.7 Å². The van der Waals surface area contributed by atoms with Crippen molar-refractivity contribution in [2.24, 2.45) is 0 Å². The molecule has 1 rings (SSSR count). The monoisotopic (exact) mass is 172 g/mol. The van der Waals surface area contributed by atoms with Crippen molar-refractivity contribution in [3.8, 4) is 0 Å². The predicted molar refractivity (Wildman–Crippen MR) is 42.6 cm³/mol. The molecule has 0 radical (unpaired) electrons. The first-order chi connectivity index (χ1) is 5.57. The van der Waals surface area contributed by atoms with E-state index in [1.165, 1.54) is 0 Å². The maximum absolute atomic E-state index is 9.00. The van der Waals surface area contributed by atoms with E-state index in [4.69, 9.17) is 15.0 Å². The number of nitrogens with one attached hydrogen (secondary N) is 1. The van der Waals surface area contributed by atoms with Crippen molar-refractivity contribution in [1.82, 2.24) is 9.97 Å². The highest BCUT2D eigenvalue weighted by molar-refractivity contribution is 5.62. The number of hydrogen-bond acceptors (Lipinski definition) is 3. The third kappa shape index (κ3) is 4.45. The normalized spacial score (nSPS) is 8.58. The lowest BCUT2D eigenvalue weighted by molar-refractivity contribution is -0.134. The fraction of sp³-hybridized carbons (Fsp3) is 0.429. The van der Waals surface area contributed by atoms with Crippen molar-refractivity contribution < 1.29 is 15.0 Å². The van der Waals surface area contributed by atoms with Crippen LogP contribution in [0.1, 0.15) is 18.3 Å². The van der Waals surface area contributed by atoms with Crippen LogP contribution in [0.5, 0.6) is 0 Å². The van der Waals surface area contributed by atoms with Crippen LogP contribution in [-0.4, -0.2) is 26.2 Å². The molecule has 1 aromatic heterocycles. The van der Waals surface area contributed by atoms with Crippen LogP contribution >= 0.6 is 0 Å². The number of carboxylic acid groups (broad SMARTS) is 1. The maximum atomic E-state index is 9.00. The first-order valence-electron chi connectivity index (χ1n) is 3.37. The van der Waals surface area contributed by atoms with Crippen LogP contribution in [0, 0.1) is 6.92 Å². The molecule has 0 unspecified atom stereocenters. The van der Waals surface area contributed by atoms with Crippen molar-refractivity contribution in [3.63, 3.8) is 0 Å². The Balaban J connectivity index is 0.000000261. The summed E-state index contributed by atoms with van der Waals surface area (Å²) in [5.41, 5.74) is 1.66. The Morgan fingerprint density at radius 2 is 2.25 bits per heavy atom. The molecule has 12 heavy (non-hydrogen) atoms. The Hall–Kier alpha value is -1.36. The molecule has 0 atom stereocenters. The van der Waals surface area contributed by atoms with Gasteiger partial charge in [-0.25, -0.2) is 4.98 Å². The molecular weight excluding hydrogens is 160 g/mol. The molecule has 3 N–H and O–H groups in total. The molecular formula is C7H12N2O3. The minimum Gasteiger partial charge on any atom is -0.481 e. The molecule has 0 bridgehead atoms. The van der Waals surface area contributed by atoms with Crippen LogP contribution in [0.3, 0.4) is 0 Å². The van der Waals surface area contributed by atoms with E-state index in [1.807, 2.05) is 6.92 Å². The number of aliphatic hydroxyl groups excluding tert-OH is 1. The summed E-state index contributed by atoms with van der Waals surface area (Å²) < 4.78 is 0. The van der Waals surface area contributed by atoms with Crippen LogP contribution < -0.4 is 0 Å². The molecule has 5 heteroatoms. The molecule has 0 amide bonds. The molecule has 1 aromatic rings. The minimum absolute atomic E-state index is 0.0475. The van der Waals surface area contributed by atoms with Gasteiger partial charge in [0.15, 0.2) is 0 Å². The van der Waals surface area contributed by atoms with Gasteiger partial charge in [-0.15, -0.1) is 0 Å². The average Bonchev–Trinajstić information content (AvgIpc) is 2.33. The predicted octanol–water partition coefficient (Wildman–Crippen LogP) is 0.301. The van der Waals surface area contributed by atoms with E-state index in [0.29, 0.717) is 0 Å². The fourth-order valence-corrected chi connectivity index (χ4v) is 0.549. The summed E-state index contributed by atoms with van der Waals surface area (Å²) in [6.45, 7) is 2.98. The van der Waals surface area contributed by atoms with Gasteiger partial charge in [-0.1, -0.05) is 0 Å². The molecule has 5 nitrogen and oxygen atoms in total. The molecule has 68 valence electrons. The van der Waals surface area contributed by atoms with Gasteiger partial charge in [0.05, 0.1) is 24.3 Å². The van der Waals surface area contributed by atoms with Gasteiger partial charge in [0.1, 0.15) is 0 Å². The van der Waals surface area contributed by atoms with E-state index >= 15 is 0 Å². The molecule has 0 fully saturated rings. The van der Waals surface area contributed by atoms with E-state index in [2.05, 4.69) is 9.97 Å². The highest BCUT2D eigenvalue weighted by Gasteiger charge is 1.94. The number of aliphatic hydroxyl groups is 1. The lowest BCUT2D eigenvalue weighted by Gasteiger charge is -1.86. The topological polar surface area (TPSA) is 86.2 Å². The number of aryl methyl sites for hydroxylation is 1. The lowest BCUT2D eigenvalue weighted by atomic mass is 10.4. The van der Waals surface area contributed by atoms with Crippen molar-refractivity contribution in [2.45, 2.75) is 20.5 Å². The summed E-state index contributed by atoms with van der Waals surface area (Å²) in [7, 11) is 0. The third-order valence-corrected chi connectivity index (χ3v) is 1.09. The first kappa shape index (κ1) is 10.6. The Morgan fingerprint density at radius 3 is 2.42 bits per heavy atom. The van der Waals surface area contributed by atoms with Gasteiger partial charge in [0.25, 0.3) is 5.97 Å². The summed E-state index contributed by atoms with van der Waals surface area (Å²) in [4.78, 5) is 15.7. The molecule has 0 aromatic carbocycles. The summed E-state index contributed by atoms with van der Waals surface area (Å²) in [5, 5.41) is 16.0. The van der Waals surface area contributed by atoms with Crippen molar-refractivity contribution >= 4 is 5.97 Å². The zero-order valence-corrected chi connectivity index (χ0v) is 7.03. The van der Waals surface area contributed by atoms with E-state index < -0.39 is 5.97 Å². The molecule has 0 aliphatic heterocycles. The van der Waals surface area contributed by atoms with E-state index in [-0.39, 0.29) is 6.61 Å². The largest absolute Gasteiger partial charge is 0.481 e. The fourth-order valence-electron chi connectivity index (χ4n) is 0.549.